The quantitative estimate of drug-likeness (QED) is 0.781. The monoisotopic (exact) mass is 419 g/mol. The van der Waals surface area contributed by atoms with Crippen molar-refractivity contribution in [2.45, 2.75) is 39.2 Å². The number of ether oxygens (including phenoxy) is 2. The Balaban J connectivity index is 1.52. The molecule has 0 amide bonds. The Hall–Kier alpha value is -2.79. The number of rotatable bonds is 4. The minimum Gasteiger partial charge on any atom is -0.497 e. The van der Waals surface area contributed by atoms with Crippen LogP contribution in [0.5, 0.6) is 11.5 Å². The van der Waals surface area contributed by atoms with E-state index in [-0.39, 0.29) is 0 Å². The fraction of sp³-hybridized carbons (Fsp3) is 0.423. The molecule has 0 bridgehead atoms. The summed E-state index contributed by atoms with van der Waals surface area (Å²) in [7, 11) is 1.69. The lowest BCUT2D eigenvalue weighted by molar-refractivity contribution is -0.144. The second kappa shape index (κ2) is 7.72. The van der Waals surface area contributed by atoms with Gasteiger partial charge in [0.25, 0.3) is 0 Å². The van der Waals surface area contributed by atoms with Crippen LogP contribution >= 0.6 is 0 Å². The van der Waals surface area contributed by atoms with Crippen molar-refractivity contribution in [2.75, 3.05) is 26.7 Å². The molecular formula is C26H29NO4. The van der Waals surface area contributed by atoms with E-state index in [0.717, 1.165) is 55.8 Å². The number of likely N-dealkylation sites (tertiary alicyclic amines) is 1. The van der Waals surface area contributed by atoms with E-state index in [1.807, 2.05) is 12.1 Å². The van der Waals surface area contributed by atoms with Crippen molar-refractivity contribution in [1.82, 2.24) is 4.90 Å². The van der Waals surface area contributed by atoms with Crippen LogP contribution in [0.2, 0.25) is 0 Å². The molecule has 2 aromatic carbocycles. The van der Waals surface area contributed by atoms with Crippen LogP contribution in [0.25, 0.3) is 5.57 Å². The predicted octanol–water partition coefficient (Wildman–Crippen LogP) is 4.66. The molecule has 0 unspecified atom stereocenters. The summed E-state index contributed by atoms with van der Waals surface area (Å²) in [5.74, 6) is 1.08. The number of aliphatic carboxylic acids is 1. The van der Waals surface area contributed by atoms with Gasteiger partial charge in [0.05, 0.1) is 12.5 Å². The van der Waals surface area contributed by atoms with Gasteiger partial charge in [-0.15, -0.1) is 0 Å². The summed E-state index contributed by atoms with van der Waals surface area (Å²) in [5.41, 5.74) is 6.96. The summed E-state index contributed by atoms with van der Waals surface area (Å²) in [6, 6.07) is 12.7. The first kappa shape index (κ1) is 20.1. The molecule has 162 valence electrons. The first-order valence-electron chi connectivity index (χ1n) is 11.1. The van der Waals surface area contributed by atoms with Gasteiger partial charge in [-0.2, -0.15) is 0 Å². The zero-order valence-electron chi connectivity index (χ0n) is 18.2. The molecule has 0 spiro atoms. The van der Waals surface area contributed by atoms with Crippen molar-refractivity contribution in [2.24, 2.45) is 5.41 Å². The van der Waals surface area contributed by atoms with E-state index < -0.39 is 11.4 Å². The lowest BCUT2D eigenvalue weighted by Crippen LogP contribution is -2.38. The third-order valence-corrected chi connectivity index (χ3v) is 7.02. The molecular weight excluding hydrogens is 390 g/mol. The van der Waals surface area contributed by atoms with E-state index in [1.165, 1.54) is 27.8 Å². The maximum Gasteiger partial charge on any atom is 0.310 e. The van der Waals surface area contributed by atoms with Gasteiger partial charge in [-0.05, 0) is 67.5 Å². The highest BCUT2D eigenvalue weighted by atomic mass is 16.5. The molecule has 5 nitrogen and oxygen atoms in total. The highest BCUT2D eigenvalue weighted by molar-refractivity contribution is 5.87. The zero-order valence-corrected chi connectivity index (χ0v) is 18.2. The number of fused-ring (bicyclic) bond motifs is 2. The number of piperidine rings is 1. The lowest BCUT2D eigenvalue weighted by atomic mass is 9.86. The van der Waals surface area contributed by atoms with Crippen LogP contribution in [0.1, 0.15) is 47.9 Å². The number of carboxylic acids is 1. The Morgan fingerprint density at radius 3 is 2.58 bits per heavy atom. The van der Waals surface area contributed by atoms with Gasteiger partial charge in [0.1, 0.15) is 18.1 Å². The summed E-state index contributed by atoms with van der Waals surface area (Å²) in [6.07, 6.45) is 3.50. The molecule has 2 heterocycles. The minimum absolute atomic E-state index is 0.495. The van der Waals surface area contributed by atoms with Gasteiger partial charge < -0.3 is 19.5 Å². The molecule has 5 heteroatoms. The van der Waals surface area contributed by atoms with E-state index in [1.54, 1.807) is 7.11 Å². The van der Waals surface area contributed by atoms with Crippen LogP contribution in [0.15, 0.2) is 42.0 Å². The van der Waals surface area contributed by atoms with Crippen LogP contribution in [0.3, 0.4) is 0 Å². The van der Waals surface area contributed by atoms with E-state index in [0.29, 0.717) is 13.2 Å². The molecule has 1 N–H and O–H groups in total. The largest absolute Gasteiger partial charge is 0.497 e. The van der Waals surface area contributed by atoms with Gasteiger partial charge in [-0.25, -0.2) is 0 Å². The van der Waals surface area contributed by atoms with Gasteiger partial charge >= 0.3 is 5.97 Å². The molecule has 0 atom stereocenters. The van der Waals surface area contributed by atoms with Crippen molar-refractivity contribution in [1.29, 1.82) is 0 Å². The van der Waals surface area contributed by atoms with Gasteiger partial charge in [-0.3, -0.25) is 4.79 Å². The molecule has 2 fully saturated rings. The van der Waals surface area contributed by atoms with Crippen molar-refractivity contribution in [3.8, 4) is 11.5 Å². The predicted molar refractivity (Wildman–Crippen MR) is 120 cm³/mol. The Kier molecular flexibility index (Phi) is 5.01. The molecule has 1 saturated heterocycles. The van der Waals surface area contributed by atoms with Crippen LogP contribution in [0.4, 0.5) is 0 Å². The molecule has 5 rings (SSSR count). The van der Waals surface area contributed by atoms with Gasteiger partial charge in [-0.1, -0.05) is 29.3 Å². The maximum absolute atomic E-state index is 11.6. The summed E-state index contributed by atoms with van der Waals surface area (Å²) in [5, 5.41) is 9.55. The smallest absolute Gasteiger partial charge is 0.310 e. The van der Waals surface area contributed by atoms with Crippen molar-refractivity contribution < 1.29 is 19.4 Å². The average Bonchev–Trinajstić information content (AvgIpc) is 3.57. The summed E-state index contributed by atoms with van der Waals surface area (Å²) in [4.78, 5) is 13.9. The summed E-state index contributed by atoms with van der Waals surface area (Å²) >= 11 is 0. The van der Waals surface area contributed by atoms with Gasteiger partial charge in [0, 0.05) is 25.2 Å². The Morgan fingerprint density at radius 1 is 1.13 bits per heavy atom. The molecule has 0 radical (unpaired) electrons. The first-order valence-corrected chi connectivity index (χ1v) is 11.1. The summed E-state index contributed by atoms with van der Waals surface area (Å²) < 4.78 is 11.7. The molecule has 0 aromatic heterocycles. The number of carboxylic acid groups (broad SMARTS) is 1. The third-order valence-electron chi connectivity index (χ3n) is 7.02. The molecule has 2 aliphatic heterocycles. The van der Waals surface area contributed by atoms with E-state index in [4.69, 9.17) is 9.47 Å². The van der Waals surface area contributed by atoms with Crippen molar-refractivity contribution in [3.63, 3.8) is 0 Å². The number of aryl methyl sites for hydroxylation is 1. The number of carbonyl (C=O) groups is 1. The maximum atomic E-state index is 11.6. The normalized spacial score (nSPS) is 19.7. The van der Waals surface area contributed by atoms with Crippen LogP contribution in [0, 0.1) is 12.3 Å². The Morgan fingerprint density at radius 2 is 1.90 bits per heavy atom. The Labute approximate surface area is 183 Å². The highest BCUT2D eigenvalue weighted by Crippen LogP contribution is 2.47. The molecule has 1 aliphatic carbocycles. The van der Waals surface area contributed by atoms with Crippen LogP contribution < -0.4 is 9.47 Å². The highest BCUT2D eigenvalue weighted by Gasteiger charge is 2.51. The van der Waals surface area contributed by atoms with Gasteiger partial charge in [0.2, 0.25) is 0 Å². The minimum atomic E-state index is -0.636. The standard InChI is InChI=1S/C26H29NO4/c1-17-3-5-21-19(13-17)15-31-23-6-4-20(30-2)14-22(23)24(21)18-7-11-27(12-8-18)16-26(9-10-26)25(28)29/h3-6,13-14H,7-12,15-16H2,1-2H3,(H,28,29). The van der Waals surface area contributed by atoms with Gasteiger partial charge in [0.15, 0.2) is 0 Å². The zero-order chi connectivity index (χ0) is 21.6. The second-order valence-corrected chi connectivity index (χ2v) is 9.15. The molecule has 2 aromatic rings. The van der Waals surface area contributed by atoms with Crippen LogP contribution in [-0.4, -0.2) is 42.7 Å². The SMILES string of the molecule is COc1ccc2c(c1)C(=C1CCN(CC3(C(=O)O)CC3)CC1)c1ccc(C)cc1CO2. The number of benzene rings is 2. The first-order chi connectivity index (χ1) is 15.0. The number of hydrogen-bond donors (Lipinski definition) is 1. The Bertz CT molecular complexity index is 1060. The van der Waals surface area contributed by atoms with Crippen LogP contribution in [-0.2, 0) is 11.4 Å². The topological polar surface area (TPSA) is 59.0 Å². The van der Waals surface area contributed by atoms with E-state index >= 15 is 0 Å². The average molecular weight is 420 g/mol. The van der Waals surface area contributed by atoms with Crippen molar-refractivity contribution >= 4 is 11.5 Å². The lowest BCUT2D eigenvalue weighted by Gasteiger charge is -2.32. The summed E-state index contributed by atoms with van der Waals surface area (Å²) in [6.45, 7) is 5.14. The number of methoxy groups -OCH3 is 1. The molecule has 1 saturated carbocycles. The fourth-order valence-electron chi connectivity index (χ4n) is 4.97. The molecule has 31 heavy (non-hydrogen) atoms. The van der Waals surface area contributed by atoms with Crippen molar-refractivity contribution in [3.05, 3.63) is 64.2 Å². The second-order valence-electron chi connectivity index (χ2n) is 9.15. The van der Waals surface area contributed by atoms with E-state index in [9.17, 15) is 9.90 Å². The number of hydrogen-bond acceptors (Lipinski definition) is 4. The van der Waals surface area contributed by atoms with E-state index in [2.05, 4.69) is 36.1 Å². The fourth-order valence-corrected chi connectivity index (χ4v) is 4.97. The number of nitrogens with zero attached hydrogens (tertiary/aromatic N) is 1. The molecule has 3 aliphatic rings. The third kappa shape index (κ3) is 3.72.